The van der Waals surface area contributed by atoms with Crippen LogP contribution in [0.5, 0.6) is 0 Å². The van der Waals surface area contributed by atoms with Crippen LogP contribution in [0.15, 0.2) is 59.5 Å². The quantitative estimate of drug-likeness (QED) is 0.599. The smallest absolute Gasteiger partial charge is 0.309 e. The van der Waals surface area contributed by atoms with Gasteiger partial charge >= 0.3 is 5.97 Å². The molecule has 0 N–H and O–H groups in total. The summed E-state index contributed by atoms with van der Waals surface area (Å²) in [6.45, 7) is 2.19. The fourth-order valence-electron chi connectivity index (χ4n) is 3.74. The zero-order valence-electron chi connectivity index (χ0n) is 14.5. The van der Waals surface area contributed by atoms with Crippen LogP contribution >= 0.6 is 0 Å². The molecule has 0 spiro atoms. The number of carbonyl (C=O) groups excluding carboxylic acids is 1. The van der Waals surface area contributed by atoms with Gasteiger partial charge in [-0.05, 0) is 37.5 Å². The molecule has 1 saturated carbocycles. The van der Waals surface area contributed by atoms with Crippen LogP contribution in [-0.2, 0) is 26.2 Å². The highest BCUT2D eigenvalue weighted by Crippen LogP contribution is 2.49. The number of benzene rings is 2. The van der Waals surface area contributed by atoms with E-state index in [1.54, 1.807) is 28.6 Å². The summed E-state index contributed by atoms with van der Waals surface area (Å²) in [6, 6.07) is 16.3. The molecule has 5 nitrogen and oxygen atoms in total. The lowest BCUT2D eigenvalue weighted by Gasteiger charge is -2.15. The Kier molecular flexibility index (Phi) is 4.32. The molecule has 2 aromatic carbocycles. The second-order valence-electron chi connectivity index (χ2n) is 7.04. The van der Waals surface area contributed by atoms with Gasteiger partial charge in [0.25, 0.3) is 0 Å². The average Bonchev–Trinajstić information content (AvgIpc) is 3.17. The molecule has 2 atom stereocenters. The molecule has 2 unspecified atom stereocenters. The number of piperidine rings is 1. The minimum atomic E-state index is -3.46. The van der Waals surface area contributed by atoms with E-state index < -0.39 is 10.0 Å². The molecule has 0 aromatic heterocycles. The minimum absolute atomic E-state index is 0.0735. The van der Waals surface area contributed by atoms with E-state index in [1.807, 2.05) is 37.3 Å². The fourth-order valence-corrected chi connectivity index (χ4v) is 5.57. The topological polar surface area (TPSA) is 63.5 Å². The van der Waals surface area contributed by atoms with Crippen LogP contribution in [0.2, 0.25) is 0 Å². The number of nitrogens with zero attached hydrogens (tertiary/aromatic N) is 1. The lowest BCUT2D eigenvalue weighted by Crippen LogP contribution is -2.24. The number of esters is 1. The Morgan fingerprint density at radius 2 is 1.65 bits per heavy atom. The van der Waals surface area contributed by atoms with E-state index in [-0.39, 0.29) is 30.6 Å². The number of rotatable bonds is 5. The predicted molar refractivity (Wildman–Crippen MR) is 96.7 cm³/mol. The van der Waals surface area contributed by atoms with E-state index in [0.29, 0.717) is 17.7 Å². The summed E-state index contributed by atoms with van der Waals surface area (Å²) < 4.78 is 32.4. The SMILES string of the molecule is Cc1ccc(S(=O)(=O)N2C3CC(C(=O)OCc4ccccc4)CC32)cc1. The van der Waals surface area contributed by atoms with Crippen molar-refractivity contribution in [1.29, 1.82) is 0 Å². The number of carbonyl (C=O) groups is 1. The third-order valence-electron chi connectivity index (χ3n) is 5.21. The number of sulfonamides is 1. The Labute approximate surface area is 153 Å². The van der Waals surface area contributed by atoms with Crippen molar-refractivity contribution in [2.75, 3.05) is 0 Å². The van der Waals surface area contributed by atoms with Crippen molar-refractivity contribution >= 4 is 16.0 Å². The second-order valence-corrected chi connectivity index (χ2v) is 8.89. The van der Waals surface area contributed by atoms with E-state index >= 15 is 0 Å². The lowest BCUT2D eigenvalue weighted by molar-refractivity contribution is -0.150. The normalized spacial score (nSPS) is 27.0. The number of hydrogen-bond donors (Lipinski definition) is 0. The summed E-state index contributed by atoms with van der Waals surface area (Å²) in [4.78, 5) is 12.6. The summed E-state index contributed by atoms with van der Waals surface area (Å²) in [5.74, 6) is -0.438. The highest BCUT2D eigenvalue weighted by Gasteiger charge is 2.61. The molecule has 1 aliphatic carbocycles. The molecule has 6 heteroatoms. The molecule has 2 aliphatic rings. The molecule has 1 aliphatic heterocycles. The standard InChI is InChI=1S/C20H21NO4S/c1-14-7-9-17(10-8-14)26(23,24)21-18-11-16(12-19(18)21)20(22)25-13-15-5-3-2-4-6-15/h2-10,16,18-19H,11-13H2,1H3. The molecule has 0 radical (unpaired) electrons. The molecule has 2 fully saturated rings. The first kappa shape index (κ1) is 17.2. The molecule has 0 amide bonds. The molecular weight excluding hydrogens is 350 g/mol. The Balaban J connectivity index is 1.34. The number of aryl methyl sites for hydroxylation is 1. The zero-order valence-corrected chi connectivity index (χ0v) is 15.4. The van der Waals surface area contributed by atoms with Crippen molar-refractivity contribution in [3.05, 3.63) is 65.7 Å². The van der Waals surface area contributed by atoms with Gasteiger partial charge in [0.15, 0.2) is 0 Å². The van der Waals surface area contributed by atoms with Gasteiger partial charge in [0.1, 0.15) is 6.61 Å². The van der Waals surface area contributed by atoms with Crippen molar-refractivity contribution in [3.63, 3.8) is 0 Å². The third kappa shape index (κ3) is 3.15. The maximum atomic E-state index is 12.7. The lowest BCUT2D eigenvalue weighted by atomic mass is 10.1. The Hall–Kier alpha value is -2.18. The first-order valence-electron chi connectivity index (χ1n) is 8.77. The van der Waals surface area contributed by atoms with E-state index in [0.717, 1.165) is 11.1 Å². The zero-order chi connectivity index (χ0) is 18.3. The Bertz CT molecular complexity index is 897. The first-order valence-corrected chi connectivity index (χ1v) is 10.2. The van der Waals surface area contributed by atoms with Crippen LogP contribution in [0.1, 0.15) is 24.0 Å². The molecule has 136 valence electrons. The average molecular weight is 371 g/mol. The van der Waals surface area contributed by atoms with E-state index in [2.05, 4.69) is 0 Å². The summed E-state index contributed by atoms with van der Waals surface area (Å²) in [5.41, 5.74) is 1.98. The van der Waals surface area contributed by atoms with Gasteiger partial charge in [-0.15, -0.1) is 0 Å². The molecular formula is C20H21NO4S. The van der Waals surface area contributed by atoms with Crippen LogP contribution in [0.25, 0.3) is 0 Å². The molecule has 0 bridgehead atoms. The van der Waals surface area contributed by atoms with Crippen molar-refractivity contribution in [2.24, 2.45) is 5.92 Å². The Morgan fingerprint density at radius 1 is 1.04 bits per heavy atom. The van der Waals surface area contributed by atoms with Crippen LogP contribution in [0, 0.1) is 12.8 Å². The van der Waals surface area contributed by atoms with Crippen LogP contribution in [0.3, 0.4) is 0 Å². The maximum absolute atomic E-state index is 12.7. The minimum Gasteiger partial charge on any atom is -0.461 e. The summed E-state index contributed by atoms with van der Waals surface area (Å²) in [5, 5.41) is 0. The summed E-state index contributed by atoms with van der Waals surface area (Å²) >= 11 is 0. The van der Waals surface area contributed by atoms with E-state index in [4.69, 9.17) is 4.74 Å². The van der Waals surface area contributed by atoms with Gasteiger partial charge in [-0.3, -0.25) is 4.79 Å². The van der Waals surface area contributed by atoms with Crippen LogP contribution < -0.4 is 0 Å². The Morgan fingerprint density at radius 3 is 2.27 bits per heavy atom. The van der Waals surface area contributed by atoms with Crippen molar-refractivity contribution in [1.82, 2.24) is 4.31 Å². The fraction of sp³-hybridized carbons (Fsp3) is 0.350. The van der Waals surface area contributed by atoms with Gasteiger partial charge in [0, 0.05) is 12.1 Å². The monoisotopic (exact) mass is 371 g/mol. The van der Waals surface area contributed by atoms with Crippen LogP contribution in [0.4, 0.5) is 0 Å². The number of ether oxygens (including phenoxy) is 1. The van der Waals surface area contributed by atoms with Crippen molar-refractivity contribution in [2.45, 2.75) is 43.4 Å². The summed E-state index contributed by atoms with van der Waals surface area (Å²) in [6.07, 6.45) is 1.09. The predicted octanol–water partition coefficient (Wildman–Crippen LogP) is 2.89. The third-order valence-corrected chi connectivity index (χ3v) is 7.18. The van der Waals surface area contributed by atoms with Crippen molar-refractivity contribution in [3.8, 4) is 0 Å². The molecule has 1 saturated heterocycles. The molecule has 4 rings (SSSR count). The summed E-state index contributed by atoms with van der Waals surface area (Å²) in [7, 11) is -3.46. The maximum Gasteiger partial charge on any atom is 0.309 e. The highest BCUT2D eigenvalue weighted by atomic mass is 32.2. The largest absolute Gasteiger partial charge is 0.461 e. The van der Waals surface area contributed by atoms with Gasteiger partial charge in [-0.25, -0.2) is 8.42 Å². The van der Waals surface area contributed by atoms with Crippen LogP contribution in [-0.4, -0.2) is 30.8 Å². The van der Waals surface area contributed by atoms with Gasteiger partial charge in [-0.1, -0.05) is 48.0 Å². The van der Waals surface area contributed by atoms with Gasteiger partial charge in [0.2, 0.25) is 10.0 Å². The van der Waals surface area contributed by atoms with Gasteiger partial charge < -0.3 is 4.74 Å². The second kappa shape index (κ2) is 6.52. The van der Waals surface area contributed by atoms with Gasteiger partial charge in [-0.2, -0.15) is 4.31 Å². The van der Waals surface area contributed by atoms with E-state index in [9.17, 15) is 13.2 Å². The molecule has 26 heavy (non-hydrogen) atoms. The number of hydrogen-bond acceptors (Lipinski definition) is 4. The van der Waals surface area contributed by atoms with E-state index in [1.165, 1.54) is 0 Å². The highest BCUT2D eigenvalue weighted by molar-refractivity contribution is 7.89. The van der Waals surface area contributed by atoms with Crippen molar-refractivity contribution < 1.29 is 17.9 Å². The first-order chi connectivity index (χ1) is 12.5. The molecule has 2 aromatic rings. The molecule has 1 heterocycles. The van der Waals surface area contributed by atoms with Gasteiger partial charge in [0.05, 0.1) is 10.8 Å². The number of fused-ring (bicyclic) bond motifs is 1.